The van der Waals surface area contributed by atoms with Crippen LogP contribution >= 0.6 is 11.6 Å². The van der Waals surface area contributed by atoms with Crippen molar-refractivity contribution in [1.29, 1.82) is 0 Å². The zero-order chi connectivity index (χ0) is 18.1. The molecule has 0 saturated carbocycles. The molecule has 2 rings (SSSR count). The molecule has 0 heterocycles. The van der Waals surface area contributed by atoms with Crippen molar-refractivity contribution in [2.24, 2.45) is 0 Å². The van der Waals surface area contributed by atoms with Crippen LogP contribution in [-0.2, 0) is 4.79 Å². The fourth-order valence-electron chi connectivity index (χ4n) is 2.62. The molecule has 0 radical (unpaired) electrons. The van der Waals surface area contributed by atoms with E-state index < -0.39 is 0 Å². The summed E-state index contributed by atoms with van der Waals surface area (Å²) in [6.07, 6.45) is 0. The van der Waals surface area contributed by atoms with Gasteiger partial charge in [-0.05, 0) is 37.4 Å². The number of para-hydroxylation sites is 1. The van der Waals surface area contributed by atoms with Crippen molar-refractivity contribution < 1.29 is 9.53 Å². The van der Waals surface area contributed by atoms with Gasteiger partial charge in [-0.2, -0.15) is 0 Å². The van der Waals surface area contributed by atoms with Crippen molar-refractivity contribution in [1.82, 2.24) is 4.90 Å². The number of hydrogen-bond acceptors (Lipinski definition) is 3. The number of nitrogens with zero attached hydrogens (tertiary/aromatic N) is 2. The molecule has 0 bridgehead atoms. The largest absolute Gasteiger partial charge is 0.492 e. The molecule has 0 aliphatic heterocycles. The number of carbonyl (C=O) groups excluding carboxylic acids is 1. The zero-order valence-corrected chi connectivity index (χ0v) is 15.6. The molecule has 0 atom stereocenters. The molecule has 0 unspecified atom stereocenters. The fourth-order valence-corrected chi connectivity index (χ4v) is 2.74. The average molecular weight is 361 g/mol. The molecule has 25 heavy (non-hydrogen) atoms. The van der Waals surface area contributed by atoms with Gasteiger partial charge in [0, 0.05) is 18.3 Å². The maximum atomic E-state index is 12.4. The van der Waals surface area contributed by atoms with E-state index in [0.717, 1.165) is 36.8 Å². The van der Waals surface area contributed by atoms with Gasteiger partial charge in [0.25, 0.3) is 0 Å². The van der Waals surface area contributed by atoms with Crippen LogP contribution in [0.4, 0.5) is 11.4 Å². The number of carbonyl (C=O) groups is 1. The Morgan fingerprint density at radius 2 is 1.68 bits per heavy atom. The van der Waals surface area contributed by atoms with Crippen LogP contribution in [0.1, 0.15) is 13.8 Å². The third-order valence-electron chi connectivity index (χ3n) is 4.02. The summed E-state index contributed by atoms with van der Waals surface area (Å²) in [4.78, 5) is 16.3. The molecule has 0 aliphatic rings. The van der Waals surface area contributed by atoms with E-state index in [9.17, 15) is 4.79 Å². The SMILES string of the molecule is CCN(CC)CCOc1cccc(N(C(=O)CCl)c2ccccc2)c1. The third kappa shape index (κ3) is 5.48. The van der Waals surface area contributed by atoms with E-state index in [2.05, 4.69) is 18.7 Å². The molecule has 0 aromatic heterocycles. The van der Waals surface area contributed by atoms with E-state index >= 15 is 0 Å². The molecule has 0 N–H and O–H groups in total. The van der Waals surface area contributed by atoms with Crippen LogP contribution in [0, 0.1) is 0 Å². The normalized spacial score (nSPS) is 10.7. The number of alkyl halides is 1. The van der Waals surface area contributed by atoms with Crippen molar-refractivity contribution in [2.45, 2.75) is 13.8 Å². The number of benzene rings is 2. The number of ether oxygens (including phenoxy) is 1. The average Bonchev–Trinajstić information content (AvgIpc) is 2.66. The van der Waals surface area contributed by atoms with Gasteiger partial charge >= 0.3 is 0 Å². The minimum absolute atomic E-state index is 0.0814. The summed E-state index contributed by atoms with van der Waals surface area (Å²) in [6, 6.07) is 17.0. The molecule has 0 aliphatic carbocycles. The van der Waals surface area contributed by atoms with E-state index in [4.69, 9.17) is 16.3 Å². The lowest BCUT2D eigenvalue weighted by Crippen LogP contribution is -2.28. The van der Waals surface area contributed by atoms with Crippen LogP contribution in [-0.4, -0.2) is 42.9 Å². The van der Waals surface area contributed by atoms with Crippen molar-refractivity contribution in [3.63, 3.8) is 0 Å². The summed E-state index contributed by atoms with van der Waals surface area (Å²) in [5.74, 6) is 0.489. The van der Waals surface area contributed by atoms with Crippen LogP contribution in [0.3, 0.4) is 0 Å². The first-order valence-corrected chi connectivity index (χ1v) is 9.12. The van der Waals surface area contributed by atoms with Crippen molar-refractivity contribution >= 4 is 28.9 Å². The van der Waals surface area contributed by atoms with Crippen LogP contribution in [0.25, 0.3) is 0 Å². The first-order valence-electron chi connectivity index (χ1n) is 8.58. The first kappa shape index (κ1) is 19.3. The molecular formula is C20H25ClN2O2. The van der Waals surface area contributed by atoms with Gasteiger partial charge in [-0.15, -0.1) is 11.6 Å². The number of halogens is 1. The fraction of sp³-hybridized carbons (Fsp3) is 0.350. The van der Waals surface area contributed by atoms with Gasteiger partial charge in [-0.3, -0.25) is 9.69 Å². The Morgan fingerprint density at radius 3 is 2.32 bits per heavy atom. The summed E-state index contributed by atoms with van der Waals surface area (Å²) >= 11 is 5.81. The standard InChI is InChI=1S/C20H25ClN2O2/c1-3-22(4-2)13-14-25-19-12-8-11-18(15-19)23(20(24)16-21)17-9-6-5-7-10-17/h5-12,15H,3-4,13-14,16H2,1-2H3. The molecule has 4 nitrogen and oxygen atoms in total. The van der Waals surface area contributed by atoms with Crippen LogP contribution < -0.4 is 9.64 Å². The van der Waals surface area contributed by atoms with Gasteiger partial charge in [0.1, 0.15) is 18.2 Å². The van der Waals surface area contributed by atoms with E-state index in [-0.39, 0.29) is 11.8 Å². The lowest BCUT2D eigenvalue weighted by atomic mass is 10.2. The third-order valence-corrected chi connectivity index (χ3v) is 4.25. The predicted octanol–water partition coefficient (Wildman–Crippen LogP) is 4.31. The Kier molecular flexibility index (Phi) is 7.76. The zero-order valence-electron chi connectivity index (χ0n) is 14.8. The molecule has 2 aromatic carbocycles. The van der Waals surface area contributed by atoms with Crippen LogP contribution in [0.5, 0.6) is 5.75 Å². The second kappa shape index (κ2) is 10.1. The smallest absolute Gasteiger partial charge is 0.246 e. The number of anilines is 2. The molecule has 0 saturated heterocycles. The minimum Gasteiger partial charge on any atom is -0.492 e. The van der Waals surface area contributed by atoms with Gasteiger partial charge in [0.05, 0.1) is 5.69 Å². The van der Waals surface area contributed by atoms with Crippen molar-refractivity contribution in [3.05, 3.63) is 54.6 Å². The molecule has 0 spiro atoms. The van der Waals surface area contributed by atoms with E-state index in [1.807, 2.05) is 54.6 Å². The summed E-state index contributed by atoms with van der Waals surface area (Å²) in [5.41, 5.74) is 1.53. The number of likely N-dealkylation sites (N-methyl/N-ethyl adjacent to an activating group) is 1. The second-order valence-electron chi connectivity index (χ2n) is 5.57. The molecular weight excluding hydrogens is 336 g/mol. The van der Waals surface area contributed by atoms with E-state index in [1.165, 1.54) is 0 Å². The van der Waals surface area contributed by atoms with Gasteiger partial charge in [0.2, 0.25) is 5.91 Å². The summed E-state index contributed by atoms with van der Waals surface area (Å²) in [5, 5.41) is 0. The van der Waals surface area contributed by atoms with Gasteiger partial charge in [-0.25, -0.2) is 0 Å². The Bertz CT molecular complexity index is 660. The van der Waals surface area contributed by atoms with Gasteiger partial charge in [0.15, 0.2) is 0 Å². The van der Waals surface area contributed by atoms with Gasteiger partial charge in [-0.1, -0.05) is 38.1 Å². The Balaban J connectivity index is 2.15. The highest BCUT2D eigenvalue weighted by Gasteiger charge is 2.17. The quantitative estimate of drug-likeness (QED) is 0.625. The number of hydrogen-bond donors (Lipinski definition) is 0. The monoisotopic (exact) mass is 360 g/mol. The van der Waals surface area contributed by atoms with Crippen molar-refractivity contribution in [2.75, 3.05) is 37.0 Å². The maximum absolute atomic E-state index is 12.4. The van der Waals surface area contributed by atoms with Crippen LogP contribution in [0.2, 0.25) is 0 Å². The molecule has 134 valence electrons. The lowest BCUT2D eigenvalue weighted by molar-refractivity contribution is -0.115. The van der Waals surface area contributed by atoms with E-state index in [1.54, 1.807) is 4.90 Å². The highest BCUT2D eigenvalue weighted by molar-refractivity contribution is 6.30. The summed E-state index contributed by atoms with van der Waals surface area (Å²) < 4.78 is 5.87. The Labute approximate surface area is 155 Å². The highest BCUT2D eigenvalue weighted by atomic mass is 35.5. The number of rotatable bonds is 9. The Hall–Kier alpha value is -2.04. The van der Waals surface area contributed by atoms with Gasteiger partial charge < -0.3 is 9.64 Å². The summed E-state index contributed by atoms with van der Waals surface area (Å²) in [6.45, 7) is 7.78. The first-order chi connectivity index (χ1) is 12.2. The van der Waals surface area contributed by atoms with E-state index in [0.29, 0.717) is 6.61 Å². The maximum Gasteiger partial charge on any atom is 0.246 e. The van der Waals surface area contributed by atoms with Crippen LogP contribution in [0.15, 0.2) is 54.6 Å². The minimum atomic E-state index is -0.173. The second-order valence-corrected chi connectivity index (χ2v) is 5.84. The predicted molar refractivity (Wildman–Crippen MR) is 104 cm³/mol. The molecule has 0 fully saturated rings. The Morgan fingerprint density at radius 1 is 1.00 bits per heavy atom. The van der Waals surface area contributed by atoms with Crippen molar-refractivity contribution in [3.8, 4) is 5.75 Å². The highest BCUT2D eigenvalue weighted by Crippen LogP contribution is 2.28. The molecule has 1 amide bonds. The topological polar surface area (TPSA) is 32.8 Å². The number of amides is 1. The summed E-state index contributed by atoms with van der Waals surface area (Å²) in [7, 11) is 0. The lowest BCUT2D eigenvalue weighted by Gasteiger charge is -2.23. The molecule has 2 aromatic rings. The molecule has 5 heteroatoms.